The Morgan fingerprint density at radius 3 is 1.83 bits per heavy atom. The molecule has 0 N–H and O–H groups in total. The van der Waals surface area contributed by atoms with Gasteiger partial charge in [-0.15, -0.1) is 0 Å². The number of para-hydroxylation sites is 2. The first-order valence-electron chi connectivity index (χ1n) is 8.63. The largest absolute Gasteiger partial charge is 0.497 e. The lowest BCUT2D eigenvalue weighted by atomic mass is 10.1. The van der Waals surface area contributed by atoms with Crippen molar-refractivity contribution in [3.05, 3.63) is 89.5 Å². The SMILES string of the molecule is COc1ccc(C(=O)Oc2ccccc2OC(=O)c2ccccc2C(F)(F)F)cc1. The molecule has 3 rings (SSSR count). The molecule has 0 fully saturated rings. The van der Waals surface area contributed by atoms with Crippen LogP contribution in [0.4, 0.5) is 13.2 Å². The van der Waals surface area contributed by atoms with Crippen LogP contribution in [-0.4, -0.2) is 19.0 Å². The molecule has 3 aromatic rings. The number of alkyl halides is 3. The molecule has 0 aromatic heterocycles. The summed E-state index contributed by atoms with van der Waals surface area (Å²) < 4.78 is 54.8. The summed E-state index contributed by atoms with van der Waals surface area (Å²) in [6.45, 7) is 0. The highest BCUT2D eigenvalue weighted by Crippen LogP contribution is 2.33. The number of esters is 2. The average Bonchev–Trinajstić information content (AvgIpc) is 2.74. The van der Waals surface area contributed by atoms with E-state index in [-0.39, 0.29) is 17.1 Å². The second-order valence-electron chi connectivity index (χ2n) is 6.00. The molecule has 0 saturated carbocycles. The fourth-order valence-electron chi connectivity index (χ4n) is 2.57. The molecule has 0 aliphatic rings. The quantitative estimate of drug-likeness (QED) is 0.425. The Hall–Kier alpha value is -3.81. The Kier molecular flexibility index (Phi) is 6.06. The van der Waals surface area contributed by atoms with Crippen molar-refractivity contribution in [3.8, 4) is 17.2 Å². The van der Waals surface area contributed by atoms with E-state index < -0.39 is 29.2 Å². The van der Waals surface area contributed by atoms with Crippen molar-refractivity contribution in [1.82, 2.24) is 0 Å². The summed E-state index contributed by atoms with van der Waals surface area (Å²) >= 11 is 0. The van der Waals surface area contributed by atoms with E-state index in [2.05, 4.69) is 0 Å². The zero-order valence-corrected chi connectivity index (χ0v) is 15.6. The molecule has 0 aliphatic carbocycles. The molecule has 0 amide bonds. The molecule has 0 atom stereocenters. The van der Waals surface area contributed by atoms with Gasteiger partial charge in [-0.25, -0.2) is 9.59 Å². The van der Waals surface area contributed by atoms with Crippen LogP contribution in [0.15, 0.2) is 72.8 Å². The normalized spacial score (nSPS) is 10.9. The van der Waals surface area contributed by atoms with Gasteiger partial charge in [-0.2, -0.15) is 13.2 Å². The van der Waals surface area contributed by atoms with Crippen molar-refractivity contribution in [1.29, 1.82) is 0 Å². The Morgan fingerprint density at radius 1 is 0.733 bits per heavy atom. The van der Waals surface area contributed by atoms with E-state index in [4.69, 9.17) is 14.2 Å². The van der Waals surface area contributed by atoms with E-state index in [0.29, 0.717) is 5.75 Å². The predicted molar refractivity (Wildman–Crippen MR) is 101 cm³/mol. The van der Waals surface area contributed by atoms with Gasteiger partial charge < -0.3 is 14.2 Å². The Labute approximate surface area is 169 Å². The molecule has 0 bridgehead atoms. The lowest BCUT2D eigenvalue weighted by Crippen LogP contribution is -2.17. The molecule has 3 aromatic carbocycles. The number of benzene rings is 3. The maximum Gasteiger partial charge on any atom is 0.417 e. The summed E-state index contributed by atoms with van der Waals surface area (Å²) in [7, 11) is 1.48. The van der Waals surface area contributed by atoms with E-state index in [1.807, 2.05) is 0 Å². The van der Waals surface area contributed by atoms with E-state index in [0.717, 1.165) is 12.1 Å². The molecular formula is C22H15F3O5. The molecule has 154 valence electrons. The topological polar surface area (TPSA) is 61.8 Å². The number of methoxy groups -OCH3 is 1. The lowest BCUT2D eigenvalue weighted by Gasteiger charge is -2.13. The molecule has 8 heteroatoms. The standard InChI is InChI=1S/C22H15F3O5/c1-28-15-12-10-14(11-13-15)20(26)29-18-8-4-5-9-19(18)30-21(27)16-6-2-3-7-17(16)22(23,24)25/h2-13H,1H3. The van der Waals surface area contributed by atoms with Gasteiger partial charge in [0.25, 0.3) is 0 Å². The summed E-state index contributed by atoms with van der Waals surface area (Å²) in [6, 6.07) is 16.0. The van der Waals surface area contributed by atoms with Crippen LogP contribution in [-0.2, 0) is 6.18 Å². The van der Waals surface area contributed by atoms with Crippen molar-refractivity contribution in [2.75, 3.05) is 7.11 Å². The third kappa shape index (κ3) is 4.78. The van der Waals surface area contributed by atoms with Gasteiger partial charge in [0.15, 0.2) is 11.5 Å². The predicted octanol–water partition coefficient (Wildman–Crippen LogP) is 5.15. The lowest BCUT2D eigenvalue weighted by molar-refractivity contribution is -0.138. The second kappa shape index (κ2) is 8.69. The second-order valence-corrected chi connectivity index (χ2v) is 6.00. The molecule has 0 unspecified atom stereocenters. The summed E-state index contributed by atoms with van der Waals surface area (Å²) in [6.07, 6.45) is -4.73. The van der Waals surface area contributed by atoms with E-state index in [9.17, 15) is 22.8 Å². The zero-order chi connectivity index (χ0) is 21.7. The summed E-state index contributed by atoms with van der Waals surface area (Å²) in [4.78, 5) is 24.7. The van der Waals surface area contributed by atoms with Gasteiger partial charge in [0.1, 0.15) is 5.75 Å². The van der Waals surface area contributed by atoms with Crippen LogP contribution in [0.25, 0.3) is 0 Å². The van der Waals surface area contributed by atoms with Gasteiger partial charge in [-0.1, -0.05) is 24.3 Å². The summed E-state index contributed by atoms with van der Waals surface area (Å²) in [5, 5.41) is 0. The Balaban J connectivity index is 1.82. The highest BCUT2D eigenvalue weighted by molar-refractivity contribution is 5.94. The highest BCUT2D eigenvalue weighted by Gasteiger charge is 2.35. The molecule has 0 saturated heterocycles. The van der Waals surface area contributed by atoms with Crippen LogP contribution in [0.5, 0.6) is 17.2 Å². The number of hydrogen-bond donors (Lipinski definition) is 0. The number of rotatable bonds is 5. The van der Waals surface area contributed by atoms with Crippen molar-refractivity contribution >= 4 is 11.9 Å². The first-order valence-corrected chi connectivity index (χ1v) is 8.63. The van der Waals surface area contributed by atoms with Crippen molar-refractivity contribution in [2.24, 2.45) is 0 Å². The van der Waals surface area contributed by atoms with Crippen LogP contribution in [0.1, 0.15) is 26.3 Å². The Morgan fingerprint density at radius 2 is 1.27 bits per heavy atom. The van der Waals surface area contributed by atoms with Gasteiger partial charge in [-0.05, 0) is 48.5 Å². The van der Waals surface area contributed by atoms with Crippen LogP contribution in [0, 0.1) is 0 Å². The van der Waals surface area contributed by atoms with Crippen LogP contribution in [0.2, 0.25) is 0 Å². The molecule has 0 heterocycles. The van der Waals surface area contributed by atoms with Crippen molar-refractivity contribution in [3.63, 3.8) is 0 Å². The number of halogens is 3. The number of carbonyl (C=O) groups excluding carboxylic acids is 2. The Bertz CT molecular complexity index is 1060. The van der Waals surface area contributed by atoms with Gasteiger partial charge in [0.05, 0.1) is 23.8 Å². The smallest absolute Gasteiger partial charge is 0.417 e. The minimum atomic E-state index is -4.73. The van der Waals surface area contributed by atoms with E-state index in [1.165, 1.54) is 55.6 Å². The monoisotopic (exact) mass is 416 g/mol. The minimum absolute atomic E-state index is 0.115. The highest BCUT2D eigenvalue weighted by atomic mass is 19.4. The summed E-state index contributed by atoms with van der Waals surface area (Å²) in [5.74, 6) is -1.73. The molecule has 0 radical (unpaired) electrons. The maximum absolute atomic E-state index is 13.2. The zero-order valence-electron chi connectivity index (χ0n) is 15.6. The fraction of sp³-hybridized carbons (Fsp3) is 0.0909. The van der Waals surface area contributed by atoms with Gasteiger partial charge >= 0.3 is 18.1 Å². The van der Waals surface area contributed by atoms with Crippen LogP contribution < -0.4 is 14.2 Å². The first-order chi connectivity index (χ1) is 14.3. The van der Waals surface area contributed by atoms with Gasteiger partial charge in [0.2, 0.25) is 0 Å². The average molecular weight is 416 g/mol. The van der Waals surface area contributed by atoms with Gasteiger partial charge in [-0.3, -0.25) is 0 Å². The van der Waals surface area contributed by atoms with Crippen LogP contribution >= 0.6 is 0 Å². The summed E-state index contributed by atoms with van der Waals surface area (Å²) in [5.41, 5.74) is -1.57. The maximum atomic E-state index is 13.2. The van der Waals surface area contributed by atoms with Crippen LogP contribution in [0.3, 0.4) is 0 Å². The van der Waals surface area contributed by atoms with Gasteiger partial charge in [0, 0.05) is 0 Å². The van der Waals surface area contributed by atoms with Crippen molar-refractivity contribution in [2.45, 2.75) is 6.18 Å². The minimum Gasteiger partial charge on any atom is -0.497 e. The third-order valence-electron chi connectivity index (χ3n) is 4.03. The molecule has 0 aliphatic heterocycles. The number of carbonyl (C=O) groups is 2. The van der Waals surface area contributed by atoms with E-state index in [1.54, 1.807) is 12.1 Å². The number of hydrogen-bond acceptors (Lipinski definition) is 5. The molecule has 5 nitrogen and oxygen atoms in total. The third-order valence-corrected chi connectivity index (χ3v) is 4.03. The molecule has 0 spiro atoms. The van der Waals surface area contributed by atoms with E-state index >= 15 is 0 Å². The molecule has 30 heavy (non-hydrogen) atoms. The van der Waals surface area contributed by atoms with Crippen molar-refractivity contribution < 1.29 is 37.0 Å². The number of ether oxygens (including phenoxy) is 3. The first kappa shape index (κ1) is 20.9. The molecular weight excluding hydrogens is 401 g/mol. The fourth-order valence-corrected chi connectivity index (χ4v) is 2.57.